The van der Waals surface area contributed by atoms with E-state index in [2.05, 4.69) is 34.9 Å². The van der Waals surface area contributed by atoms with Gasteiger partial charge in [0.2, 0.25) is 17.7 Å². The number of benzene rings is 2. The Morgan fingerprint density at radius 3 is 2.50 bits per heavy atom. The number of nitrogens with one attached hydrogen (secondary N) is 2. The normalized spacial score (nSPS) is 21.4. The van der Waals surface area contributed by atoms with Gasteiger partial charge in [-0.3, -0.25) is 14.4 Å². The molecule has 208 valence electrons. The highest BCUT2D eigenvalue weighted by atomic mass is 32.2. The summed E-state index contributed by atoms with van der Waals surface area (Å²) in [6.07, 6.45) is 4.69. The van der Waals surface area contributed by atoms with Crippen LogP contribution in [-0.2, 0) is 33.6 Å². The molecule has 3 amide bonds. The molecule has 3 atom stereocenters. The molecule has 2 N–H and O–H groups in total. The van der Waals surface area contributed by atoms with Gasteiger partial charge < -0.3 is 15.5 Å². The summed E-state index contributed by atoms with van der Waals surface area (Å²) in [6.45, 7) is 7.27. The topological polar surface area (TPSA) is 102 Å². The van der Waals surface area contributed by atoms with Crippen LogP contribution >= 0.6 is 11.8 Å². The molecule has 0 bridgehead atoms. The molecule has 0 radical (unpaired) electrons. The number of amides is 3. The molecule has 3 aliphatic rings. The van der Waals surface area contributed by atoms with Gasteiger partial charge in [0, 0.05) is 4.90 Å². The first-order valence-corrected chi connectivity index (χ1v) is 14.8. The third-order valence-electron chi connectivity index (χ3n) is 7.98. The molecule has 1 aliphatic carbocycles. The summed E-state index contributed by atoms with van der Waals surface area (Å²) in [7, 11) is 0. The van der Waals surface area contributed by atoms with E-state index in [9.17, 15) is 19.6 Å². The largest absolute Gasteiger partial charge is 0.342 e. The second kappa shape index (κ2) is 11.1. The minimum absolute atomic E-state index is 0.0974. The zero-order valence-corrected chi connectivity index (χ0v) is 24.3. The maximum absolute atomic E-state index is 14.5. The third-order valence-corrected chi connectivity index (χ3v) is 8.95. The molecule has 0 saturated carbocycles. The standard InChI is InChI=1S/C32H36N4O3S/c1-19(2)14-25-29(37)34-27(24-15-21-8-5-6-9-22(21)16-24)31(39)36(25)28(30(38)35-32(3,4)18-33)23-12-11-20-10-7-13-40-26(20)17-23/h5-9,11-13,17,19,24-25,27-28H,10,14-16H2,1-4H3,(H,34,37)(H,35,38)/t25-,27-,28-/m1/s1. The summed E-state index contributed by atoms with van der Waals surface area (Å²) in [5, 5.41) is 17.6. The Kier molecular flexibility index (Phi) is 7.78. The first-order chi connectivity index (χ1) is 19.1. The number of carbonyl (C=O) groups is 3. The van der Waals surface area contributed by atoms with Crippen molar-refractivity contribution in [2.75, 3.05) is 0 Å². The smallest absolute Gasteiger partial charge is 0.248 e. The zero-order chi connectivity index (χ0) is 28.6. The number of carbonyl (C=O) groups excluding carboxylic acids is 3. The van der Waals surface area contributed by atoms with Crippen molar-refractivity contribution < 1.29 is 14.4 Å². The Bertz CT molecular complexity index is 1380. The summed E-state index contributed by atoms with van der Waals surface area (Å²) >= 11 is 1.58. The molecule has 7 nitrogen and oxygen atoms in total. The van der Waals surface area contributed by atoms with E-state index in [1.54, 1.807) is 25.6 Å². The van der Waals surface area contributed by atoms with Crippen LogP contribution in [0, 0.1) is 23.2 Å². The maximum atomic E-state index is 14.5. The molecule has 0 spiro atoms. The average Bonchev–Trinajstić information content (AvgIpc) is 3.36. The fourth-order valence-corrected chi connectivity index (χ4v) is 6.88. The van der Waals surface area contributed by atoms with Crippen molar-refractivity contribution in [3.63, 3.8) is 0 Å². The van der Waals surface area contributed by atoms with Crippen LogP contribution in [0.15, 0.2) is 58.8 Å². The fourth-order valence-electron chi connectivity index (χ4n) is 6.03. The number of nitrogens with zero attached hydrogens (tertiary/aromatic N) is 2. The average molecular weight is 557 g/mol. The Hall–Kier alpha value is -3.57. The SMILES string of the molecule is CC(C)C[C@@H]1C(=O)N[C@H](C2Cc3ccccc3C2)C(=O)N1[C@@H](C(=O)NC(C)(C)C#N)c1ccc2c(c1)SC=CC2. The number of fused-ring (bicyclic) bond motifs is 2. The summed E-state index contributed by atoms with van der Waals surface area (Å²) in [5.74, 6) is -0.931. The quantitative estimate of drug-likeness (QED) is 0.524. The van der Waals surface area contributed by atoms with Crippen molar-refractivity contribution in [2.24, 2.45) is 11.8 Å². The van der Waals surface area contributed by atoms with E-state index in [1.807, 2.05) is 49.6 Å². The number of hydrogen-bond donors (Lipinski definition) is 2. The van der Waals surface area contributed by atoms with Crippen molar-refractivity contribution in [3.05, 3.63) is 76.2 Å². The van der Waals surface area contributed by atoms with Crippen LogP contribution in [0.25, 0.3) is 0 Å². The van der Waals surface area contributed by atoms with E-state index in [0.717, 1.165) is 16.9 Å². The lowest BCUT2D eigenvalue weighted by Crippen LogP contribution is -2.67. The Morgan fingerprint density at radius 2 is 1.85 bits per heavy atom. The van der Waals surface area contributed by atoms with E-state index in [-0.39, 0.29) is 23.7 Å². The lowest BCUT2D eigenvalue weighted by molar-refractivity contribution is -0.158. The fraction of sp³-hybridized carbons (Fsp3) is 0.438. The summed E-state index contributed by atoms with van der Waals surface area (Å²) in [6, 6.07) is 13.5. The van der Waals surface area contributed by atoms with E-state index >= 15 is 0 Å². The molecule has 2 heterocycles. The molecular weight excluding hydrogens is 520 g/mol. The molecule has 0 unspecified atom stereocenters. The third kappa shape index (κ3) is 5.53. The first-order valence-electron chi connectivity index (χ1n) is 13.9. The van der Waals surface area contributed by atoms with Gasteiger partial charge >= 0.3 is 0 Å². The lowest BCUT2D eigenvalue weighted by atomic mass is 9.87. The predicted molar refractivity (Wildman–Crippen MR) is 155 cm³/mol. The van der Waals surface area contributed by atoms with Crippen molar-refractivity contribution in [2.45, 2.75) is 81.9 Å². The van der Waals surface area contributed by atoms with Gasteiger partial charge in [-0.25, -0.2) is 0 Å². The highest BCUT2D eigenvalue weighted by Gasteiger charge is 2.50. The van der Waals surface area contributed by atoms with E-state index in [1.165, 1.54) is 16.0 Å². The molecule has 5 rings (SSSR count). The molecule has 2 aliphatic heterocycles. The summed E-state index contributed by atoms with van der Waals surface area (Å²) in [4.78, 5) is 44.9. The van der Waals surface area contributed by atoms with Gasteiger partial charge in [0.15, 0.2) is 0 Å². The van der Waals surface area contributed by atoms with Gasteiger partial charge in [-0.1, -0.05) is 68.1 Å². The molecule has 40 heavy (non-hydrogen) atoms. The number of nitriles is 1. The first kappa shape index (κ1) is 28.0. The number of rotatable bonds is 7. The Balaban J connectivity index is 1.58. The van der Waals surface area contributed by atoms with Crippen molar-refractivity contribution in [1.29, 1.82) is 5.26 Å². The number of thioether (sulfide) groups is 1. The highest BCUT2D eigenvalue weighted by molar-refractivity contribution is 8.02. The number of hydrogen-bond acceptors (Lipinski definition) is 5. The molecule has 0 aromatic heterocycles. The van der Waals surface area contributed by atoms with Crippen LogP contribution in [0.1, 0.15) is 62.4 Å². The monoisotopic (exact) mass is 556 g/mol. The van der Waals surface area contributed by atoms with Crippen molar-refractivity contribution in [1.82, 2.24) is 15.5 Å². The van der Waals surface area contributed by atoms with Gasteiger partial charge in [0.05, 0.1) is 6.07 Å². The van der Waals surface area contributed by atoms with Crippen molar-refractivity contribution >= 4 is 29.5 Å². The summed E-state index contributed by atoms with van der Waals surface area (Å²) in [5.41, 5.74) is 3.02. The predicted octanol–water partition coefficient (Wildman–Crippen LogP) is 4.46. The minimum Gasteiger partial charge on any atom is -0.342 e. The van der Waals surface area contributed by atoms with Crippen LogP contribution in [0.4, 0.5) is 0 Å². The van der Waals surface area contributed by atoms with E-state index < -0.39 is 29.6 Å². The van der Waals surface area contributed by atoms with Gasteiger partial charge in [-0.05, 0) is 85.1 Å². The highest BCUT2D eigenvalue weighted by Crippen LogP contribution is 2.38. The van der Waals surface area contributed by atoms with Crippen LogP contribution in [0.5, 0.6) is 0 Å². The molecule has 1 saturated heterocycles. The molecular formula is C32H36N4O3S. The maximum Gasteiger partial charge on any atom is 0.248 e. The Morgan fingerprint density at radius 1 is 1.15 bits per heavy atom. The summed E-state index contributed by atoms with van der Waals surface area (Å²) < 4.78 is 0. The van der Waals surface area contributed by atoms with Gasteiger partial charge in [0.25, 0.3) is 0 Å². The second-order valence-corrected chi connectivity index (χ2v) is 13.0. The van der Waals surface area contributed by atoms with Crippen molar-refractivity contribution in [3.8, 4) is 6.07 Å². The second-order valence-electron chi connectivity index (χ2n) is 12.0. The minimum atomic E-state index is -1.15. The number of allylic oxidation sites excluding steroid dienone is 1. The molecule has 2 aromatic carbocycles. The van der Waals surface area contributed by atoms with Crippen LogP contribution in [-0.4, -0.2) is 40.2 Å². The molecule has 2 aromatic rings. The van der Waals surface area contributed by atoms with E-state index in [4.69, 9.17) is 0 Å². The zero-order valence-electron chi connectivity index (χ0n) is 23.4. The van der Waals surface area contributed by atoms with Crippen LogP contribution < -0.4 is 10.6 Å². The lowest BCUT2D eigenvalue weighted by Gasteiger charge is -2.45. The molecule has 8 heteroatoms. The van der Waals surface area contributed by atoms with E-state index in [0.29, 0.717) is 24.8 Å². The number of piperazine rings is 1. The van der Waals surface area contributed by atoms with Crippen LogP contribution in [0.2, 0.25) is 0 Å². The molecule has 1 fully saturated rings. The van der Waals surface area contributed by atoms with Gasteiger partial charge in [-0.2, -0.15) is 5.26 Å². The van der Waals surface area contributed by atoms with Crippen LogP contribution in [0.3, 0.4) is 0 Å². The van der Waals surface area contributed by atoms with Gasteiger partial charge in [-0.15, -0.1) is 0 Å². The Labute approximate surface area is 240 Å². The van der Waals surface area contributed by atoms with Gasteiger partial charge in [0.1, 0.15) is 23.7 Å².